The SMILES string of the molecule is CC(C)NCc1sc(N(C)C)nc1-c1ccccc1. The van der Waals surface area contributed by atoms with Crippen molar-refractivity contribution >= 4 is 16.5 Å². The third-order valence-corrected chi connectivity index (χ3v) is 4.01. The molecule has 1 aromatic carbocycles. The van der Waals surface area contributed by atoms with E-state index in [0.29, 0.717) is 6.04 Å². The van der Waals surface area contributed by atoms with Crippen molar-refractivity contribution in [1.82, 2.24) is 10.3 Å². The highest BCUT2D eigenvalue weighted by Crippen LogP contribution is 2.32. The quantitative estimate of drug-likeness (QED) is 0.906. The smallest absolute Gasteiger partial charge is 0.185 e. The van der Waals surface area contributed by atoms with Crippen molar-refractivity contribution in [1.29, 1.82) is 0 Å². The molecule has 102 valence electrons. The minimum Gasteiger partial charge on any atom is -0.354 e. The van der Waals surface area contributed by atoms with Gasteiger partial charge in [-0.05, 0) is 0 Å². The monoisotopic (exact) mass is 275 g/mol. The van der Waals surface area contributed by atoms with E-state index in [4.69, 9.17) is 4.98 Å². The van der Waals surface area contributed by atoms with Crippen molar-refractivity contribution < 1.29 is 0 Å². The molecular weight excluding hydrogens is 254 g/mol. The predicted octanol–water partition coefficient (Wildman–Crippen LogP) is 3.37. The van der Waals surface area contributed by atoms with Gasteiger partial charge in [0.05, 0.1) is 5.69 Å². The Morgan fingerprint density at radius 2 is 1.89 bits per heavy atom. The van der Waals surface area contributed by atoms with Crippen LogP contribution in [0.15, 0.2) is 30.3 Å². The van der Waals surface area contributed by atoms with Crippen LogP contribution in [0, 0.1) is 0 Å². The lowest BCUT2D eigenvalue weighted by Gasteiger charge is -2.07. The first-order valence-electron chi connectivity index (χ1n) is 6.53. The van der Waals surface area contributed by atoms with Crippen molar-refractivity contribution in [2.24, 2.45) is 0 Å². The summed E-state index contributed by atoms with van der Waals surface area (Å²) in [6, 6.07) is 10.9. The van der Waals surface area contributed by atoms with Crippen LogP contribution in [0.25, 0.3) is 11.3 Å². The molecule has 0 unspecified atom stereocenters. The Bertz CT molecular complexity index is 517. The maximum Gasteiger partial charge on any atom is 0.185 e. The average Bonchev–Trinajstić information content (AvgIpc) is 2.81. The molecule has 0 bridgehead atoms. The van der Waals surface area contributed by atoms with E-state index < -0.39 is 0 Å². The lowest BCUT2D eigenvalue weighted by Crippen LogP contribution is -2.21. The second kappa shape index (κ2) is 6.17. The molecule has 0 spiro atoms. The van der Waals surface area contributed by atoms with Gasteiger partial charge in [-0.3, -0.25) is 0 Å². The Kier molecular flexibility index (Phi) is 4.56. The highest BCUT2D eigenvalue weighted by atomic mass is 32.1. The van der Waals surface area contributed by atoms with Crippen molar-refractivity contribution in [2.45, 2.75) is 26.4 Å². The molecule has 0 radical (unpaired) electrons. The fraction of sp³-hybridized carbons (Fsp3) is 0.400. The van der Waals surface area contributed by atoms with Crippen LogP contribution in [0.4, 0.5) is 5.13 Å². The molecule has 1 aromatic heterocycles. The van der Waals surface area contributed by atoms with Gasteiger partial charge in [0, 0.05) is 37.1 Å². The average molecular weight is 275 g/mol. The first-order valence-corrected chi connectivity index (χ1v) is 7.35. The van der Waals surface area contributed by atoms with Gasteiger partial charge in [-0.15, -0.1) is 0 Å². The first kappa shape index (κ1) is 14.0. The van der Waals surface area contributed by atoms with Gasteiger partial charge < -0.3 is 10.2 Å². The maximum absolute atomic E-state index is 4.76. The molecule has 0 aliphatic heterocycles. The molecule has 4 heteroatoms. The molecule has 3 nitrogen and oxygen atoms in total. The summed E-state index contributed by atoms with van der Waals surface area (Å²) in [6.07, 6.45) is 0. The van der Waals surface area contributed by atoms with Gasteiger partial charge in [0.1, 0.15) is 0 Å². The number of anilines is 1. The molecule has 0 aliphatic carbocycles. The van der Waals surface area contributed by atoms with E-state index in [2.05, 4.69) is 48.3 Å². The Labute approximate surface area is 119 Å². The number of hydrogen-bond donors (Lipinski definition) is 1. The van der Waals surface area contributed by atoms with E-state index in [-0.39, 0.29) is 0 Å². The fourth-order valence-electron chi connectivity index (χ4n) is 1.77. The number of thiazole rings is 1. The Hall–Kier alpha value is -1.39. The van der Waals surface area contributed by atoms with Gasteiger partial charge in [-0.25, -0.2) is 4.98 Å². The lowest BCUT2D eigenvalue weighted by molar-refractivity contribution is 0.593. The number of benzene rings is 1. The van der Waals surface area contributed by atoms with Crippen LogP contribution < -0.4 is 10.2 Å². The summed E-state index contributed by atoms with van der Waals surface area (Å²) in [5, 5.41) is 4.53. The molecule has 1 N–H and O–H groups in total. The second-order valence-corrected chi connectivity index (χ2v) is 6.13. The minimum absolute atomic E-state index is 0.480. The zero-order valence-electron chi connectivity index (χ0n) is 12.0. The van der Waals surface area contributed by atoms with Crippen molar-refractivity contribution in [3.63, 3.8) is 0 Å². The number of nitrogens with one attached hydrogen (secondary N) is 1. The van der Waals surface area contributed by atoms with Gasteiger partial charge in [-0.1, -0.05) is 55.5 Å². The van der Waals surface area contributed by atoms with E-state index in [1.807, 2.05) is 20.2 Å². The zero-order valence-corrected chi connectivity index (χ0v) is 12.8. The fourth-order valence-corrected chi connectivity index (χ4v) is 2.72. The number of rotatable bonds is 5. The Morgan fingerprint density at radius 3 is 2.47 bits per heavy atom. The van der Waals surface area contributed by atoms with Crippen molar-refractivity contribution in [2.75, 3.05) is 19.0 Å². The van der Waals surface area contributed by atoms with Crippen LogP contribution in [0.2, 0.25) is 0 Å². The molecule has 1 heterocycles. The molecule has 0 saturated carbocycles. The highest BCUT2D eigenvalue weighted by Gasteiger charge is 2.14. The number of aromatic nitrogens is 1. The van der Waals surface area contributed by atoms with E-state index in [0.717, 1.165) is 17.4 Å². The van der Waals surface area contributed by atoms with Gasteiger partial charge in [-0.2, -0.15) is 0 Å². The van der Waals surface area contributed by atoms with Gasteiger partial charge in [0.2, 0.25) is 0 Å². The summed E-state index contributed by atoms with van der Waals surface area (Å²) in [7, 11) is 4.07. The number of nitrogens with zero attached hydrogens (tertiary/aromatic N) is 2. The topological polar surface area (TPSA) is 28.2 Å². The van der Waals surface area contributed by atoms with Crippen LogP contribution in [-0.2, 0) is 6.54 Å². The molecule has 0 amide bonds. The molecule has 2 aromatic rings. The molecule has 0 aliphatic rings. The van der Waals surface area contributed by atoms with Crippen molar-refractivity contribution in [3.05, 3.63) is 35.2 Å². The molecular formula is C15H21N3S. The third-order valence-electron chi connectivity index (χ3n) is 2.79. The van der Waals surface area contributed by atoms with Crippen LogP contribution in [0.1, 0.15) is 18.7 Å². The van der Waals surface area contributed by atoms with Crippen LogP contribution in [0.5, 0.6) is 0 Å². The molecule has 2 rings (SSSR count). The summed E-state index contributed by atoms with van der Waals surface area (Å²) < 4.78 is 0. The minimum atomic E-state index is 0.480. The highest BCUT2D eigenvalue weighted by molar-refractivity contribution is 7.16. The summed E-state index contributed by atoms with van der Waals surface area (Å²) in [6.45, 7) is 5.19. The largest absolute Gasteiger partial charge is 0.354 e. The summed E-state index contributed by atoms with van der Waals surface area (Å²) in [4.78, 5) is 8.12. The van der Waals surface area contributed by atoms with E-state index >= 15 is 0 Å². The van der Waals surface area contributed by atoms with Crippen LogP contribution >= 0.6 is 11.3 Å². The predicted molar refractivity (Wildman–Crippen MR) is 83.9 cm³/mol. The summed E-state index contributed by atoms with van der Waals surface area (Å²) in [5.41, 5.74) is 2.29. The second-order valence-electron chi connectivity index (χ2n) is 5.06. The maximum atomic E-state index is 4.76. The molecule has 19 heavy (non-hydrogen) atoms. The van der Waals surface area contributed by atoms with Gasteiger partial charge >= 0.3 is 0 Å². The lowest BCUT2D eigenvalue weighted by atomic mass is 10.1. The van der Waals surface area contributed by atoms with Crippen LogP contribution in [0.3, 0.4) is 0 Å². The standard InChI is InChI=1S/C15H21N3S/c1-11(2)16-10-13-14(12-8-6-5-7-9-12)17-15(19-13)18(3)4/h5-9,11,16H,10H2,1-4H3. The van der Waals surface area contributed by atoms with E-state index in [9.17, 15) is 0 Å². The van der Waals surface area contributed by atoms with Gasteiger partial charge in [0.15, 0.2) is 5.13 Å². The normalized spacial score (nSPS) is 11.0. The van der Waals surface area contributed by atoms with Crippen molar-refractivity contribution in [3.8, 4) is 11.3 Å². The molecule has 0 atom stereocenters. The molecule has 0 fully saturated rings. The summed E-state index contributed by atoms with van der Waals surface area (Å²) >= 11 is 1.76. The Balaban J connectivity index is 2.34. The third kappa shape index (κ3) is 3.55. The summed E-state index contributed by atoms with van der Waals surface area (Å²) in [5.74, 6) is 0. The van der Waals surface area contributed by atoms with E-state index in [1.54, 1.807) is 11.3 Å². The molecule has 0 saturated heterocycles. The van der Waals surface area contributed by atoms with Crippen LogP contribution in [-0.4, -0.2) is 25.1 Å². The zero-order chi connectivity index (χ0) is 13.8. The van der Waals surface area contributed by atoms with E-state index in [1.165, 1.54) is 10.4 Å². The van der Waals surface area contributed by atoms with Gasteiger partial charge in [0.25, 0.3) is 0 Å². The first-order chi connectivity index (χ1) is 9.08. The Morgan fingerprint density at radius 1 is 1.21 bits per heavy atom. The number of hydrogen-bond acceptors (Lipinski definition) is 4.